The van der Waals surface area contributed by atoms with Crippen LogP contribution in [0.2, 0.25) is 0 Å². The zero-order valence-electron chi connectivity index (χ0n) is 11.3. The van der Waals surface area contributed by atoms with Crippen LogP contribution in [0.25, 0.3) is 0 Å². The van der Waals surface area contributed by atoms with Crippen LogP contribution in [-0.4, -0.2) is 13.7 Å². The molecule has 3 nitrogen and oxygen atoms in total. The number of rotatable bonds is 5. The second kappa shape index (κ2) is 6.25. The molecular formula is C16H19NO2. The predicted molar refractivity (Wildman–Crippen MR) is 76.6 cm³/mol. The van der Waals surface area contributed by atoms with Crippen molar-refractivity contribution >= 4 is 0 Å². The lowest BCUT2D eigenvalue weighted by atomic mass is 10.1. The molecule has 100 valence electrons. The third kappa shape index (κ3) is 3.73. The van der Waals surface area contributed by atoms with Crippen molar-refractivity contribution in [3.05, 3.63) is 59.7 Å². The van der Waals surface area contributed by atoms with Crippen LogP contribution in [0.1, 0.15) is 17.2 Å². The SMILES string of the molecule is COc1cccc(OCC(N)c2ccc(C)cc2)c1. The zero-order valence-corrected chi connectivity index (χ0v) is 11.3. The van der Waals surface area contributed by atoms with Crippen molar-refractivity contribution < 1.29 is 9.47 Å². The van der Waals surface area contributed by atoms with Gasteiger partial charge in [-0.25, -0.2) is 0 Å². The van der Waals surface area contributed by atoms with Crippen LogP contribution < -0.4 is 15.2 Å². The Morgan fingerprint density at radius 2 is 1.74 bits per heavy atom. The summed E-state index contributed by atoms with van der Waals surface area (Å²) in [5.41, 5.74) is 8.41. The number of hydrogen-bond donors (Lipinski definition) is 1. The third-order valence-corrected chi connectivity index (χ3v) is 2.98. The van der Waals surface area contributed by atoms with E-state index in [-0.39, 0.29) is 6.04 Å². The first-order valence-corrected chi connectivity index (χ1v) is 6.28. The molecule has 0 aliphatic carbocycles. The Morgan fingerprint density at radius 3 is 2.42 bits per heavy atom. The van der Waals surface area contributed by atoms with Crippen molar-refractivity contribution in [2.45, 2.75) is 13.0 Å². The summed E-state index contributed by atoms with van der Waals surface area (Å²) in [6.45, 7) is 2.50. The lowest BCUT2D eigenvalue weighted by Crippen LogP contribution is -2.18. The van der Waals surface area contributed by atoms with Gasteiger partial charge in [0.2, 0.25) is 0 Å². The first kappa shape index (κ1) is 13.4. The van der Waals surface area contributed by atoms with Gasteiger partial charge in [-0.15, -0.1) is 0 Å². The summed E-state index contributed by atoms with van der Waals surface area (Å²) in [4.78, 5) is 0. The molecular weight excluding hydrogens is 238 g/mol. The van der Waals surface area contributed by atoms with E-state index in [4.69, 9.17) is 15.2 Å². The van der Waals surface area contributed by atoms with Gasteiger partial charge in [0.25, 0.3) is 0 Å². The maximum atomic E-state index is 6.11. The van der Waals surface area contributed by atoms with Crippen LogP contribution in [0.5, 0.6) is 11.5 Å². The first-order chi connectivity index (χ1) is 9.19. The number of benzene rings is 2. The Kier molecular flexibility index (Phi) is 4.42. The summed E-state index contributed by atoms with van der Waals surface area (Å²) in [6.07, 6.45) is 0. The molecule has 2 rings (SSSR count). The molecule has 2 aromatic carbocycles. The van der Waals surface area contributed by atoms with Crippen molar-refractivity contribution in [2.75, 3.05) is 13.7 Å². The number of aryl methyl sites for hydroxylation is 1. The molecule has 0 saturated carbocycles. The van der Waals surface area contributed by atoms with Crippen LogP contribution in [-0.2, 0) is 0 Å². The normalized spacial score (nSPS) is 11.9. The van der Waals surface area contributed by atoms with Gasteiger partial charge in [-0.3, -0.25) is 0 Å². The minimum absolute atomic E-state index is 0.133. The zero-order chi connectivity index (χ0) is 13.7. The standard InChI is InChI=1S/C16H19NO2/c1-12-6-8-13(9-7-12)16(17)11-19-15-5-3-4-14(10-15)18-2/h3-10,16H,11,17H2,1-2H3. The van der Waals surface area contributed by atoms with Crippen LogP contribution in [0.3, 0.4) is 0 Å². The molecule has 0 heterocycles. The molecule has 0 spiro atoms. The summed E-state index contributed by atoms with van der Waals surface area (Å²) in [5, 5.41) is 0. The molecule has 0 radical (unpaired) electrons. The minimum atomic E-state index is -0.133. The van der Waals surface area contributed by atoms with Gasteiger partial charge in [-0.1, -0.05) is 35.9 Å². The first-order valence-electron chi connectivity index (χ1n) is 6.28. The van der Waals surface area contributed by atoms with Crippen molar-refractivity contribution in [2.24, 2.45) is 5.73 Å². The maximum Gasteiger partial charge on any atom is 0.123 e. The van der Waals surface area contributed by atoms with Crippen LogP contribution in [0.4, 0.5) is 0 Å². The smallest absolute Gasteiger partial charge is 0.123 e. The van der Waals surface area contributed by atoms with Gasteiger partial charge in [0.15, 0.2) is 0 Å². The Bertz CT molecular complexity index is 523. The van der Waals surface area contributed by atoms with E-state index in [1.54, 1.807) is 7.11 Å². The van der Waals surface area contributed by atoms with Gasteiger partial charge in [-0.2, -0.15) is 0 Å². The van der Waals surface area contributed by atoms with E-state index in [2.05, 4.69) is 19.1 Å². The highest BCUT2D eigenvalue weighted by atomic mass is 16.5. The fraction of sp³-hybridized carbons (Fsp3) is 0.250. The number of nitrogens with two attached hydrogens (primary N) is 1. The Balaban J connectivity index is 1.96. The summed E-state index contributed by atoms with van der Waals surface area (Å²) < 4.78 is 10.8. The molecule has 2 N–H and O–H groups in total. The molecule has 1 atom stereocenters. The van der Waals surface area contributed by atoms with Crippen molar-refractivity contribution in [3.8, 4) is 11.5 Å². The van der Waals surface area contributed by atoms with Gasteiger partial charge in [0.1, 0.15) is 18.1 Å². The number of hydrogen-bond acceptors (Lipinski definition) is 3. The van der Waals surface area contributed by atoms with Gasteiger partial charge in [0, 0.05) is 6.07 Å². The second-order valence-corrected chi connectivity index (χ2v) is 4.51. The Morgan fingerprint density at radius 1 is 1.05 bits per heavy atom. The van der Waals surface area contributed by atoms with Crippen LogP contribution >= 0.6 is 0 Å². The van der Waals surface area contributed by atoms with Gasteiger partial charge in [-0.05, 0) is 24.6 Å². The molecule has 3 heteroatoms. The van der Waals surface area contributed by atoms with E-state index < -0.39 is 0 Å². The lowest BCUT2D eigenvalue weighted by molar-refractivity contribution is 0.289. The molecule has 0 fully saturated rings. The summed E-state index contributed by atoms with van der Waals surface area (Å²) in [7, 11) is 1.64. The average Bonchev–Trinajstić information content (AvgIpc) is 2.46. The molecule has 2 aromatic rings. The maximum absolute atomic E-state index is 6.11. The number of ether oxygens (including phenoxy) is 2. The van der Waals surface area contributed by atoms with Gasteiger partial charge < -0.3 is 15.2 Å². The quantitative estimate of drug-likeness (QED) is 0.895. The topological polar surface area (TPSA) is 44.5 Å². The summed E-state index contributed by atoms with van der Waals surface area (Å²) in [6, 6.07) is 15.6. The predicted octanol–water partition coefficient (Wildman–Crippen LogP) is 3.08. The second-order valence-electron chi connectivity index (χ2n) is 4.51. The Labute approximate surface area is 114 Å². The minimum Gasteiger partial charge on any atom is -0.497 e. The third-order valence-electron chi connectivity index (χ3n) is 2.98. The highest BCUT2D eigenvalue weighted by Gasteiger charge is 2.07. The lowest BCUT2D eigenvalue weighted by Gasteiger charge is -2.14. The molecule has 19 heavy (non-hydrogen) atoms. The summed E-state index contributed by atoms with van der Waals surface area (Å²) in [5.74, 6) is 1.54. The highest BCUT2D eigenvalue weighted by Crippen LogP contribution is 2.20. The fourth-order valence-electron chi connectivity index (χ4n) is 1.79. The highest BCUT2D eigenvalue weighted by molar-refractivity contribution is 5.33. The van der Waals surface area contributed by atoms with Crippen LogP contribution in [0, 0.1) is 6.92 Å². The van der Waals surface area contributed by atoms with E-state index in [0.717, 1.165) is 17.1 Å². The fourth-order valence-corrected chi connectivity index (χ4v) is 1.79. The largest absolute Gasteiger partial charge is 0.497 e. The molecule has 0 amide bonds. The van der Waals surface area contributed by atoms with E-state index in [0.29, 0.717) is 6.61 Å². The van der Waals surface area contributed by atoms with E-state index in [9.17, 15) is 0 Å². The van der Waals surface area contributed by atoms with E-state index in [1.807, 2.05) is 36.4 Å². The van der Waals surface area contributed by atoms with Crippen molar-refractivity contribution in [1.29, 1.82) is 0 Å². The van der Waals surface area contributed by atoms with Crippen molar-refractivity contribution in [3.63, 3.8) is 0 Å². The Hall–Kier alpha value is -2.00. The molecule has 0 aliphatic heterocycles. The van der Waals surface area contributed by atoms with Gasteiger partial charge >= 0.3 is 0 Å². The van der Waals surface area contributed by atoms with E-state index in [1.165, 1.54) is 5.56 Å². The number of methoxy groups -OCH3 is 1. The molecule has 0 bridgehead atoms. The molecule has 0 saturated heterocycles. The van der Waals surface area contributed by atoms with Crippen molar-refractivity contribution in [1.82, 2.24) is 0 Å². The molecule has 1 unspecified atom stereocenters. The monoisotopic (exact) mass is 257 g/mol. The molecule has 0 aromatic heterocycles. The average molecular weight is 257 g/mol. The van der Waals surface area contributed by atoms with Crippen LogP contribution in [0.15, 0.2) is 48.5 Å². The molecule has 0 aliphatic rings. The summed E-state index contributed by atoms with van der Waals surface area (Å²) >= 11 is 0. The van der Waals surface area contributed by atoms with E-state index >= 15 is 0 Å². The van der Waals surface area contributed by atoms with Gasteiger partial charge in [0.05, 0.1) is 13.2 Å².